The molecule has 2 aromatic rings. The van der Waals surface area contributed by atoms with Crippen molar-refractivity contribution in [2.75, 3.05) is 11.9 Å². The highest BCUT2D eigenvalue weighted by molar-refractivity contribution is 6.31. The molecule has 0 fully saturated rings. The summed E-state index contributed by atoms with van der Waals surface area (Å²) >= 11 is 5.39. The molecule has 1 aromatic carbocycles. The third-order valence-electron chi connectivity index (χ3n) is 4.57. The Morgan fingerprint density at radius 3 is 2.14 bits per heavy atom. The quantitative estimate of drug-likeness (QED) is 0.273. The summed E-state index contributed by atoms with van der Waals surface area (Å²) in [6.45, 7) is 8.42. The van der Waals surface area contributed by atoms with Crippen molar-refractivity contribution in [3.05, 3.63) is 46.1 Å². The minimum atomic E-state index is -4.36. The zero-order valence-electron chi connectivity index (χ0n) is 20.5. The van der Waals surface area contributed by atoms with Crippen molar-refractivity contribution in [3.63, 3.8) is 0 Å². The number of nitrogens with one attached hydrogen (secondary N) is 1. The number of carbonyl (C=O) groups excluding carboxylic acids is 1. The predicted molar refractivity (Wildman–Crippen MR) is 126 cm³/mol. The van der Waals surface area contributed by atoms with Crippen LogP contribution in [0, 0.1) is 12.8 Å². The van der Waals surface area contributed by atoms with Crippen molar-refractivity contribution in [1.82, 2.24) is 5.16 Å². The number of hydrogen-bond acceptors (Lipinski definition) is 4. The topological polar surface area (TPSA) is 55.1 Å². The summed E-state index contributed by atoms with van der Waals surface area (Å²) in [5, 5.41) is 5.87. The zero-order valence-corrected chi connectivity index (χ0v) is 21.2. The molecule has 0 spiro atoms. The van der Waals surface area contributed by atoms with E-state index < -0.39 is 24.5 Å². The van der Waals surface area contributed by atoms with Crippen molar-refractivity contribution in [1.29, 1.82) is 0 Å². The molecule has 0 radical (unpaired) electrons. The Balaban J connectivity index is 0.000000652. The summed E-state index contributed by atoms with van der Waals surface area (Å²) in [4.78, 5) is 8.81. The fraction of sp³-hybridized carbons (Fsp3) is 0.583. The van der Waals surface area contributed by atoms with Gasteiger partial charge in [-0.2, -0.15) is 26.3 Å². The van der Waals surface area contributed by atoms with E-state index in [0.717, 1.165) is 43.7 Å². The van der Waals surface area contributed by atoms with E-state index in [1.807, 2.05) is 0 Å². The van der Waals surface area contributed by atoms with E-state index in [9.17, 15) is 26.3 Å². The number of halogens is 7. The molecule has 1 aromatic heterocycles. The monoisotopic (exact) mass is 530 g/mol. The lowest BCUT2D eigenvalue weighted by atomic mass is 9.91. The number of benzene rings is 1. The Bertz CT molecular complexity index is 866. The van der Waals surface area contributed by atoms with Gasteiger partial charge in [0, 0.05) is 12.0 Å². The van der Waals surface area contributed by atoms with Gasteiger partial charge >= 0.3 is 12.4 Å². The average molecular weight is 531 g/mol. The maximum atomic E-state index is 12.1. The second kappa shape index (κ2) is 15.7. The lowest BCUT2D eigenvalue weighted by Gasteiger charge is -2.14. The molecule has 0 bridgehead atoms. The Labute approximate surface area is 207 Å². The van der Waals surface area contributed by atoms with Gasteiger partial charge in [0.2, 0.25) is 5.88 Å². The summed E-state index contributed by atoms with van der Waals surface area (Å²) in [5.41, 5.74) is 0.681. The molecule has 1 heterocycles. The Morgan fingerprint density at radius 1 is 1.09 bits per heavy atom. The minimum Gasteiger partial charge on any atom is -0.345 e. The first-order valence-electron chi connectivity index (χ1n) is 11.1. The van der Waals surface area contributed by atoms with Gasteiger partial charge in [0.15, 0.2) is 0 Å². The van der Waals surface area contributed by atoms with Crippen LogP contribution in [0.15, 0.2) is 28.8 Å². The molecule has 0 aliphatic rings. The zero-order chi connectivity index (χ0) is 27.2. The van der Waals surface area contributed by atoms with Crippen molar-refractivity contribution >= 4 is 23.8 Å². The molecule has 200 valence electrons. The van der Waals surface area contributed by atoms with Crippen LogP contribution in [0.3, 0.4) is 0 Å². The highest BCUT2D eigenvalue weighted by Gasteiger charge is 2.32. The Hall–Kier alpha value is -2.23. The van der Waals surface area contributed by atoms with E-state index in [-0.39, 0.29) is 16.8 Å². The summed E-state index contributed by atoms with van der Waals surface area (Å²) in [6.07, 6.45) is -3.82. The van der Waals surface area contributed by atoms with Crippen LogP contribution < -0.4 is 5.32 Å². The number of alkyl halides is 6. The number of carbonyl (C=O) groups is 1. The fourth-order valence-electron chi connectivity index (χ4n) is 2.93. The van der Waals surface area contributed by atoms with Crippen LogP contribution in [0.4, 0.5) is 32.2 Å². The first kappa shape index (κ1) is 32.8. The van der Waals surface area contributed by atoms with Crippen molar-refractivity contribution in [3.8, 4) is 0 Å². The molecule has 1 unspecified atom stereocenters. The van der Waals surface area contributed by atoms with Crippen LogP contribution in [0.5, 0.6) is 0 Å². The molecule has 1 N–H and O–H groups in total. The second-order valence-electron chi connectivity index (χ2n) is 8.26. The lowest BCUT2D eigenvalue weighted by molar-refractivity contribution is -0.137. The van der Waals surface area contributed by atoms with Crippen LogP contribution in [0.2, 0.25) is 5.02 Å². The maximum Gasteiger partial charge on any atom is 0.417 e. The normalized spacial score (nSPS) is 12.3. The van der Waals surface area contributed by atoms with E-state index in [0.29, 0.717) is 11.5 Å². The highest BCUT2D eigenvalue weighted by atomic mass is 35.5. The second-order valence-corrected chi connectivity index (χ2v) is 8.67. The van der Waals surface area contributed by atoms with Crippen molar-refractivity contribution in [2.24, 2.45) is 5.92 Å². The number of nitrogens with zero attached hydrogens (tertiary/aromatic N) is 1. The van der Waals surface area contributed by atoms with Crippen LogP contribution >= 0.6 is 11.6 Å². The molecular weight excluding hydrogens is 498 g/mol. The predicted octanol–water partition coefficient (Wildman–Crippen LogP) is 8.84. The number of rotatable bonds is 8. The minimum absolute atomic E-state index is 0.0861. The fourth-order valence-corrected chi connectivity index (χ4v) is 3.27. The summed E-state index contributed by atoms with van der Waals surface area (Å²) < 4.78 is 77.6. The van der Waals surface area contributed by atoms with E-state index >= 15 is 0 Å². The summed E-state index contributed by atoms with van der Waals surface area (Å²) in [5.74, 6) is 0.944. The van der Waals surface area contributed by atoms with Crippen LogP contribution in [-0.2, 0) is 11.0 Å². The van der Waals surface area contributed by atoms with Crippen LogP contribution in [-0.4, -0.2) is 24.2 Å². The number of anilines is 1. The highest BCUT2D eigenvalue weighted by Crippen LogP contribution is 2.34. The number of hydrogen-bond donors (Lipinski definition) is 1. The number of aldehydes is 1. The smallest absolute Gasteiger partial charge is 0.345 e. The Kier molecular flexibility index (Phi) is 14.7. The molecule has 0 saturated carbocycles. The number of aromatic nitrogens is 1. The van der Waals surface area contributed by atoms with Gasteiger partial charge in [-0.25, -0.2) is 0 Å². The van der Waals surface area contributed by atoms with E-state index in [4.69, 9.17) is 20.9 Å². The third kappa shape index (κ3) is 14.7. The first-order valence-corrected chi connectivity index (χ1v) is 11.5. The van der Waals surface area contributed by atoms with Crippen LogP contribution in [0.1, 0.15) is 76.1 Å². The lowest BCUT2D eigenvalue weighted by Crippen LogP contribution is -2.20. The number of aryl methyl sites for hydroxylation is 1. The van der Waals surface area contributed by atoms with E-state index in [2.05, 4.69) is 31.2 Å². The third-order valence-corrected chi connectivity index (χ3v) is 4.88. The van der Waals surface area contributed by atoms with Gasteiger partial charge in [-0.15, -0.1) is 0 Å². The molecular formula is C24H33ClF6N2O2. The van der Waals surface area contributed by atoms with Crippen LogP contribution in [0.25, 0.3) is 0 Å². The molecule has 2 rings (SSSR count). The van der Waals surface area contributed by atoms with Gasteiger partial charge in [0.05, 0.1) is 16.3 Å². The summed E-state index contributed by atoms with van der Waals surface area (Å²) in [6, 6.07) is 5.25. The van der Waals surface area contributed by atoms with Gasteiger partial charge in [-0.3, -0.25) is 0 Å². The summed E-state index contributed by atoms with van der Waals surface area (Å²) in [7, 11) is 0. The average Bonchev–Trinajstić information content (AvgIpc) is 3.18. The van der Waals surface area contributed by atoms with Gasteiger partial charge in [-0.05, 0) is 50.3 Å². The SMILES string of the molecule is CC=O.CCCC(CCC(C)C)c1cc(NCC(F)(F)F)on1.Cc1ccc(C(F)(F)F)c(Cl)c1. The van der Waals surface area contributed by atoms with Crippen molar-refractivity contribution in [2.45, 2.75) is 78.6 Å². The molecule has 35 heavy (non-hydrogen) atoms. The molecule has 0 aliphatic carbocycles. The van der Waals surface area contributed by atoms with Crippen molar-refractivity contribution < 1.29 is 35.7 Å². The molecule has 11 heteroatoms. The first-order chi connectivity index (χ1) is 16.1. The molecule has 0 aliphatic heterocycles. The Morgan fingerprint density at radius 2 is 1.69 bits per heavy atom. The van der Waals surface area contributed by atoms with Gasteiger partial charge in [0.1, 0.15) is 12.8 Å². The largest absolute Gasteiger partial charge is 0.417 e. The van der Waals surface area contributed by atoms with Gasteiger partial charge < -0.3 is 14.6 Å². The molecule has 1 atom stereocenters. The van der Waals surface area contributed by atoms with Gasteiger partial charge in [-0.1, -0.05) is 56.4 Å². The van der Waals surface area contributed by atoms with E-state index in [1.165, 1.54) is 19.1 Å². The molecule has 0 amide bonds. The van der Waals surface area contributed by atoms with E-state index in [1.54, 1.807) is 13.0 Å². The maximum absolute atomic E-state index is 12.1. The molecule has 0 saturated heterocycles. The van der Waals surface area contributed by atoms with Gasteiger partial charge in [0.25, 0.3) is 0 Å². The standard InChI is InChI=1S/C14H23F3N2O.C8H6ClF3.C2H4O/c1-4-5-11(7-6-10(2)3)12-8-13(20-19-12)18-9-14(15,16)17;1-5-2-3-6(7(9)4-5)8(10,11)12;1-2-3/h8,10-11,18H,4-7,9H2,1-3H3;2-4H,1H3;2H,1H3. The molecule has 4 nitrogen and oxygen atoms in total.